The molecular weight excluding hydrogens is 1920 g/mol. The van der Waals surface area contributed by atoms with Crippen LogP contribution in [0.1, 0.15) is 88.2 Å². The summed E-state index contributed by atoms with van der Waals surface area (Å²) in [5.41, 5.74) is -2.55. The second-order valence-electron chi connectivity index (χ2n) is 29.3. The van der Waals surface area contributed by atoms with E-state index in [1.165, 1.54) is 48.5 Å². The van der Waals surface area contributed by atoms with E-state index in [0.29, 0.717) is 84.1 Å². The number of hydrogen-bond acceptors (Lipinski definition) is 28. The molecule has 0 aliphatic carbocycles. The van der Waals surface area contributed by atoms with Gasteiger partial charge in [-0.2, -0.15) is 66.8 Å². The molecule has 10 heterocycles. The highest BCUT2D eigenvalue weighted by Crippen LogP contribution is 2.41. The Morgan fingerprint density at radius 3 is 0.944 bits per heavy atom. The molecule has 0 atom stereocenters. The van der Waals surface area contributed by atoms with Crippen LogP contribution < -0.4 is 41.2 Å². The van der Waals surface area contributed by atoms with Gasteiger partial charge in [-0.15, -0.1) is 0 Å². The van der Waals surface area contributed by atoms with Gasteiger partial charge in [-0.1, -0.05) is 93.4 Å². The maximum absolute atomic E-state index is 14.0. The largest absolute Gasteiger partial charge is 0.534 e. The normalized spacial score (nSPS) is 15.5. The number of aromatic nitrogens is 10. The minimum Gasteiger partial charge on any atom is -0.378 e. The molecule has 17 rings (SSSR count). The Morgan fingerprint density at radius 1 is 0.349 bits per heavy atom. The topological polar surface area (TPSA) is 328 Å². The monoisotopic (exact) mass is 1990 g/mol. The summed E-state index contributed by atoms with van der Waals surface area (Å²) in [7, 11) is -18.1. The molecule has 5 fully saturated rings. The lowest BCUT2D eigenvalue weighted by Gasteiger charge is -2.27. The minimum atomic E-state index is -5.99. The Labute approximate surface area is 751 Å². The predicted molar refractivity (Wildman–Crippen MR) is 467 cm³/mol. The molecular formula is C80H75BrCl5F8N15O13S4. The van der Waals surface area contributed by atoms with Gasteiger partial charge >= 0.3 is 46.0 Å². The molecule has 0 unspecified atom stereocenters. The number of piperidine rings is 4. The average molecular weight is 1990 g/mol. The van der Waals surface area contributed by atoms with Gasteiger partial charge in [0.25, 0.3) is 0 Å². The standard InChI is InChI=1S/C20H19BrFN3O3S.C20H19ClFN3O3S.C14H12ClF4N3O3S.C14H15ClFN3O3S.C12H10Cl2FN3O/c2*1-13-5-7-15(8-6-13)29(26,27)28-19-16-11-14(22)12-17(21)18(16)23-20(24-19)25-9-3-2-4-10-25;15-10-7-8(16)6-9-11(10)20-13(22-4-2-1-3-5-22)21-12(9)25-26(23,24)14(17,18)19;1-23(20,21)22-13-10-7-9(16)8-11(15)12(10)17-14(18-13)19-5-3-2-4-6-19;13-9-6-7(15)5-8-10(9)16-12(17-11(8)14)18-1-3-19-4-2-18/h2*5-8,11-12H,2-4,9-10H2,1H3;6-7H,1-5H2;7-8H,2-6H2,1H3;5-6H,1-4H2. The molecule has 5 saturated heterocycles. The van der Waals surface area contributed by atoms with Gasteiger partial charge in [-0.3, -0.25) is 0 Å². The summed E-state index contributed by atoms with van der Waals surface area (Å²) in [4.78, 5) is 52.3. The van der Waals surface area contributed by atoms with Crippen LogP contribution in [0.4, 0.5) is 64.9 Å². The lowest BCUT2D eigenvalue weighted by atomic mass is 10.1. The molecule has 5 aromatic heterocycles. The minimum absolute atomic E-state index is 0.00449. The van der Waals surface area contributed by atoms with Crippen LogP contribution in [-0.2, 0) is 45.2 Å². The summed E-state index contributed by atoms with van der Waals surface area (Å²) < 4.78 is 229. The van der Waals surface area contributed by atoms with Crippen LogP contribution in [0.25, 0.3) is 54.5 Å². The highest BCUT2D eigenvalue weighted by Gasteiger charge is 2.49. The molecule has 0 bridgehead atoms. The molecule has 5 aliphatic heterocycles. The van der Waals surface area contributed by atoms with Crippen molar-refractivity contribution in [1.82, 2.24) is 49.8 Å². The van der Waals surface area contributed by atoms with E-state index in [0.717, 1.165) is 170 Å². The maximum Gasteiger partial charge on any atom is 0.534 e. The van der Waals surface area contributed by atoms with E-state index >= 15 is 0 Å². The van der Waals surface area contributed by atoms with E-state index in [1.54, 1.807) is 29.2 Å². The molecule has 12 aromatic rings. The fourth-order valence-corrected chi connectivity index (χ4v) is 18.1. The van der Waals surface area contributed by atoms with Crippen LogP contribution in [0.3, 0.4) is 0 Å². The van der Waals surface area contributed by atoms with Crippen molar-refractivity contribution in [3.63, 3.8) is 0 Å². The summed E-state index contributed by atoms with van der Waals surface area (Å²) >= 11 is 33.6. The first-order valence-corrected chi connectivity index (χ1v) is 47.7. The molecule has 0 radical (unpaired) electrons. The number of rotatable bonds is 15. The van der Waals surface area contributed by atoms with Crippen molar-refractivity contribution in [1.29, 1.82) is 0 Å². The van der Waals surface area contributed by atoms with E-state index in [4.69, 9.17) is 75.3 Å². The number of aryl methyl sites for hydroxylation is 2. The highest BCUT2D eigenvalue weighted by molar-refractivity contribution is 9.10. The van der Waals surface area contributed by atoms with Crippen LogP contribution in [0.2, 0.25) is 25.2 Å². The van der Waals surface area contributed by atoms with E-state index in [9.17, 15) is 68.8 Å². The van der Waals surface area contributed by atoms with Crippen molar-refractivity contribution in [2.24, 2.45) is 0 Å². The summed E-state index contributed by atoms with van der Waals surface area (Å²) in [5.74, 6) is -3.20. The molecule has 0 saturated carbocycles. The lowest BCUT2D eigenvalue weighted by molar-refractivity contribution is -0.0501. The SMILES string of the molecule is CS(=O)(=O)Oc1nc(N2CCCCC2)nc2c(Cl)cc(F)cc12.Cc1ccc(S(=O)(=O)Oc2nc(N3CCCCC3)nc3c(Br)cc(F)cc23)cc1.Cc1ccc(S(=O)(=O)Oc2nc(N3CCCCC3)nc3c(Cl)cc(F)cc23)cc1.Fc1cc(Cl)c2nc(N3CCOCC3)nc(Cl)c2c1.O=S(=O)(Oc1nc(N2CCCCC2)nc2c(Cl)cc(F)cc12)C(F)(F)F. The van der Waals surface area contributed by atoms with Crippen LogP contribution in [-0.4, -0.2) is 174 Å². The number of hydrogen-bond donors (Lipinski definition) is 0. The van der Waals surface area contributed by atoms with E-state index in [2.05, 4.69) is 70.0 Å². The quantitative estimate of drug-likeness (QED) is 0.0398. The van der Waals surface area contributed by atoms with Crippen LogP contribution in [0.15, 0.2) is 123 Å². The van der Waals surface area contributed by atoms with Gasteiger partial charge in [0, 0.05) is 75.3 Å². The van der Waals surface area contributed by atoms with Crippen molar-refractivity contribution < 1.29 is 90.3 Å². The molecule has 7 aromatic carbocycles. The third-order valence-corrected chi connectivity index (χ3v) is 25.8. The highest BCUT2D eigenvalue weighted by atomic mass is 79.9. The average Bonchev–Trinajstić information content (AvgIpc) is 0.794. The second-order valence-corrected chi connectivity index (χ2v) is 38.4. The van der Waals surface area contributed by atoms with E-state index in [-0.39, 0.29) is 96.7 Å². The molecule has 670 valence electrons. The fraction of sp³-hybridized carbons (Fsp3) is 0.350. The molecule has 46 heteroatoms. The molecule has 5 aliphatic rings. The van der Waals surface area contributed by atoms with Gasteiger partial charge in [0.1, 0.15) is 44.0 Å². The second kappa shape index (κ2) is 40.1. The van der Waals surface area contributed by atoms with Crippen molar-refractivity contribution >= 4 is 199 Å². The first kappa shape index (κ1) is 94.2. The van der Waals surface area contributed by atoms with Gasteiger partial charge in [0.15, 0.2) is 0 Å². The Balaban J connectivity index is 0.000000136. The number of fused-ring (bicyclic) bond motifs is 5. The van der Waals surface area contributed by atoms with Gasteiger partial charge in [0.05, 0.1) is 88.7 Å². The smallest absolute Gasteiger partial charge is 0.378 e. The van der Waals surface area contributed by atoms with Crippen molar-refractivity contribution in [3.05, 3.63) is 179 Å². The first-order chi connectivity index (χ1) is 59.7. The molecule has 0 amide bonds. The fourth-order valence-electron chi connectivity index (χ4n) is 13.7. The number of anilines is 5. The zero-order valence-electron chi connectivity index (χ0n) is 66.8. The first-order valence-electron chi connectivity index (χ1n) is 39.0. The Hall–Kier alpha value is -9.43. The zero-order chi connectivity index (χ0) is 90.3. The molecule has 0 spiro atoms. The summed E-state index contributed by atoms with van der Waals surface area (Å²) in [6.45, 7) is 12.0. The van der Waals surface area contributed by atoms with Gasteiger partial charge in [0.2, 0.25) is 53.3 Å². The van der Waals surface area contributed by atoms with Crippen molar-refractivity contribution in [2.45, 2.75) is 106 Å². The molecule has 0 N–H and O–H groups in total. The van der Waals surface area contributed by atoms with Crippen LogP contribution in [0.5, 0.6) is 23.5 Å². The lowest BCUT2D eigenvalue weighted by Crippen LogP contribution is -2.37. The van der Waals surface area contributed by atoms with Crippen molar-refractivity contribution in [2.75, 3.05) is 109 Å². The van der Waals surface area contributed by atoms with E-state index < -0.39 is 80.9 Å². The van der Waals surface area contributed by atoms with Gasteiger partial charge < -0.3 is 46.0 Å². The molecule has 28 nitrogen and oxygen atoms in total. The summed E-state index contributed by atoms with van der Waals surface area (Å²) in [6.07, 6.45) is 12.9. The predicted octanol–water partition coefficient (Wildman–Crippen LogP) is 18.4. The summed E-state index contributed by atoms with van der Waals surface area (Å²) in [6, 6.07) is 23.7. The van der Waals surface area contributed by atoms with Gasteiger partial charge in [-0.25, -0.2) is 51.9 Å². The van der Waals surface area contributed by atoms with E-state index in [1.807, 2.05) is 33.4 Å². The van der Waals surface area contributed by atoms with Crippen LogP contribution >= 0.6 is 73.9 Å². The number of benzene rings is 7. The third kappa shape index (κ3) is 23.3. The number of alkyl halides is 3. The summed E-state index contributed by atoms with van der Waals surface area (Å²) in [5, 5.41) is 0.849. The Kier molecular flexibility index (Phi) is 30.0. The van der Waals surface area contributed by atoms with Crippen molar-refractivity contribution in [3.8, 4) is 23.5 Å². The molecule has 126 heavy (non-hydrogen) atoms. The van der Waals surface area contributed by atoms with Gasteiger partial charge in [-0.05, 0) is 192 Å². The number of ether oxygens (including phenoxy) is 1. The number of halogens is 14. The maximum atomic E-state index is 14.0. The number of nitrogens with zero attached hydrogens (tertiary/aromatic N) is 15. The Bertz CT molecular complexity index is 6380. The zero-order valence-corrected chi connectivity index (χ0v) is 75.4. The number of morpholine rings is 1. The Morgan fingerprint density at radius 2 is 0.619 bits per heavy atom. The van der Waals surface area contributed by atoms with Crippen LogP contribution in [0, 0.1) is 42.9 Å². The third-order valence-electron chi connectivity index (χ3n) is 19.9.